The number of nitrogens with one attached hydrogen (secondary N) is 1. The lowest BCUT2D eigenvalue weighted by molar-refractivity contribution is 0.122. The topological polar surface area (TPSA) is 40.6 Å². The van der Waals surface area contributed by atoms with Gasteiger partial charge < -0.3 is 19.9 Å². The van der Waals surface area contributed by atoms with Crippen molar-refractivity contribution in [1.29, 1.82) is 0 Å². The summed E-state index contributed by atoms with van der Waals surface area (Å²) < 4.78 is 5.42. The van der Waals surface area contributed by atoms with Gasteiger partial charge in [0, 0.05) is 39.3 Å². The quantitative estimate of drug-likeness (QED) is 0.854. The van der Waals surface area contributed by atoms with E-state index in [9.17, 15) is 0 Å². The van der Waals surface area contributed by atoms with Crippen LogP contribution in [0, 0.1) is 11.8 Å². The van der Waals surface area contributed by atoms with Crippen molar-refractivity contribution in [3.8, 4) is 0 Å². The molecule has 0 amide bonds. The highest BCUT2D eigenvalue weighted by Crippen LogP contribution is 2.31. The second-order valence-corrected chi connectivity index (χ2v) is 6.08. The average molecular weight is 274 g/mol. The van der Waals surface area contributed by atoms with Gasteiger partial charge in [-0.15, -0.1) is 0 Å². The van der Waals surface area contributed by atoms with Crippen LogP contribution in [0.1, 0.15) is 0 Å². The van der Waals surface area contributed by atoms with E-state index >= 15 is 0 Å². The number of hydrogen-bond acceptors (Lipinski definition) is 5. The summed E-state index contributed by atoms with van der Waals surface area (Å²) in [6.45, 7) is 8.29. The number of fused-ring (bicyclic) bond motifs is 1. The molecule has 4 rings (SSSR count). The van der Waals surface area contributed by atoms with Crippen LogP contribution >= 0.6 is 0 Å². The van der Waals surface area contributed by atoms with Crippen molar-refractivity contribution < 1.29 is 4.74 Å². The summed E-state index contributed by atoms with van der Waals surface area (Å²) in [5.41, 5.74) is 2.52. The largest absolute Gasteiger partial charge is 0.378 e. The number of ether oxygens (including phenoxy) is 1. The summed E-state index contributed by atoms with van der Waals surface area (Å²) in [4.78, 5) is 9.34. The standard InChI is InChI=1S/C15H22N4O/c1-3-20-4-2-18(1)14-5-15(9-17-8-14)19-10-12-6-16-7-13(12)11-19/h5,8-9,12-13,16H,1-4,6-7,10-11H2. The Bertz CT molecular complexity index is 463. The summed E-state index contributed by atoms with van der Waals surface area (Å²) in [5, 5.41) is 3.49. The molecule has 3 saturated heterocycles. The van der Waals surface area contributed by atoms with Gasteiger partial charge in [0.25, 0.3) is 0 Å². The fourth-order valence-electron chi connectivity index (χ4n) is 3.65. The first kappa shape index (κ1) is 12.4. The highest BCUT2D eigenvalue weighted by atomic mass is 16.5. The predicted octanol–water partition coefficient (Wildman–Crippen LogP) is 0.574. The minimum absolute atomic E-state index is 0.821. The number of anilines is 2. The predicted molar refractivity (Wildman–Crippen MR) is 79.3 cm³/mol. The summed E-state index contributed by atoms with van der Waals surface area (Å²) in [5.74, 6) is 1.64. The van der Waals surface area contributed by atoms with Gasteiger partial charge in [0.1, 0.15) is 0 Å². The van der Waals surface area contributed by atoms with Gasteiger partial charge in [0.05, 0.1) is 37.0 Å². The molecule has 108 valence electrons. The Morgan fingerprint density at radius 2 is 1.65 bits per heavy atom. The van der Waals surface area contributed by atoms with E-state index in [4.69, 9.17) is 4.74 Å². The van der Waals surface area contributed by atoms with Crippen molar-refractivity contribution >= 4 is 11.4 Å². The molecular formula is C15H22N4O. The zero-order valence-corrected chi connectivity index (χ0v) is 11.8. The van der Waals surface area contributed by atoms with Crippen LogP contribution in [0.5, 0.6) is 0 Å². The lowest BCUT2D eigenvalue weighted by atomic mass is 10.0. The van der Waals surface area contributed by atoms with E-state index < -0.39 is 0 Å². The normalized spacial score (nSPS) is 29.8. The van der Waals surface area contributed by atoms with Gasteiger partial charge in [0.15, 0.2) is 0 Å². The zero-order chi connectivity index (χ0) is 13.4. The third-order valence-electron chi connectivity index (χ3n) is 4.84. The molecule has 5 nitrogen and oxygen atoms in total. The summed E-state index contributed by atoms with van der Waals surface area (Å²) >= 11 is 0. The molecule has 0 saturated carbocycles. The Morgan fingerprint density at radius 3 is 2.35 bits per heavy atom. The lowest BCUT2D eigenvalue weighted by Gasteiger charge is -2.29. The van der Waals surface area contributed by atoms with Gasteiger partial charge in [-0.1, -0.05) is 0 Å². The van der Waals surface area contributed by atoms with Crippen LogP contribution < -0.4 is 15.1 Å². The number of nitrogens with zero attached hydrogens (tertiary/aromatic N) is 3. The summed E-state index contributed by atoms with van der Waals surface area (Å²) in [7, 11) is 0. The maximum atomic E-state index is 5.42. The first-order valence-corrected chi connectivity index (χ1v) is 7.63. The number of hydrogen-bond donors (Lipinski definition) is 1. The van der Waals surface area contributed by atoms with Gasteiger partial charge in [-0.2, -0.15) is 0 Å². The first-order valence-electron chi connectivity index (χ1n) is 7.63. The lowest BCUT2D eigenvalue weighted by Crippen LogP contribution is -2.36. The minimum atomic E-state index is 0.821. The van der Waals surface area contributed by atoms with E-state index in [0.29, 0.717) is 0 Å². The van der Waals surface area contributed by atoms with Gasteiger partial charge in [-0.3, -0.25) is 4.98 Å². The molecule has 5 heteroatoms. The van der Waals surface area contributed by atoms with Gasteiger partial charge in [0.2, 0.25) is 0 Å². The minimum Gasteiger partial charge on any atom is -0.378 e. The second-order valence-electron chi connectivity index (χ2n) is 6.08. The molecule has 20 heavy (non-hydrogen) atoms. The van der Waals surface area contributed by atoms with Crippen molar-refractivity contribution in [2.75, 3.05) is 62.3 Å². The molecule has 0 aromatic carbocycles. The van der Waals surface area contributed by atoms with Crippen LogP contribution in [0.15, 0.2) is 18.5 Å². The Morgan fingerprint density at radius 1 is 1.00 bits per heavy atom. The summed E-state index contributed by atoms with van der Waals surface area (Å²) in [6, 6.07) is 2.30. The van der Waals surface area contributed by atoms with Crippen LogP contribution in [0.4, 0.5) is 11.4 Å². The highest BCUT2D eigenvalue weighted by Gasteiger charge is 2.36. The monoisotopic (exact) mass is 274 g/mol. The molecule has 0 bridgehead atoms. The molecule has 1 aromatic heterocycles. The Balaban J connectivity index is 1.51. The van der Waals surface area contributed by atoms with Crippen molar-refractivity contribution in [1.82, 2.24) is 10.3 Å². The van der Waals surface area contributed by atoms with Crippen molar-refractivity contribution in [3.63, 3.8) is 0 Å². The molecule has 3 fully saturated rings. The van der Waals surface area contributed by atoms with Crippen molar-refractivity contribution in [2.45, 2.75) is 0 Å². The maximum Gasteiger partial charge on any atom is 0.0642 e. The van der Waals surface area contributed by atoms with Crippen LogP contribution in [0.25, 0.3) is 0 Å². The van der Waals surface area contributed by atoms with E-state index in [-0.39, 0.29) is 0 Å². The van der Waals surface area contributed by atoms with E-state index in [1.807, 2.05) is 12.4 Å². The fraction of sp³-hybridized carbons (Fsp3) is 0.667. The van der Waals surface area contributed by atoms with Crippen LogP contribution in [0.2, 0.25) is 0 Å². The van der Waals surface area contributed by atoms with Crippen LogP contribution in [-0.4, -0.2) is 57.5 Å². The molecule has 0 spiro atoms. The van der Waals surface area contributed by atoms with E-state index in [1.165, 1.54) is 37.6 Å². The first-order chi connectivity index (χ1) is 9.90. The maximum absolute atomic E-state index is 5.42. The summed E-state index contributed by atoms with van der Waals surface area (Å²) in [6.07, 6.45) is 3.99. The SMILES string of the molecule is c1ncc(N2CC3CNCC3C2)cc1N1CCOCC1. The molecular weight excluding hydrogens is 252 g/mol. The molecule has 1 N–H and O–H groups in total. The molecule has 0 aliphatic carbocycles. The van der Waals surface area contributed by atoms with Gasteiger partial charge >= 0.3 is 0 Å². The molecule has 2 unspecified atom stereocenters. The number of morpholine rings is 1. The third kappa shape index (κ3) is 2.25. The Labute approximate surface area is 119 Å². The molecule has 3 aliphatic rings. The van der Waals surface area contributed by atoms with E-state index in [0.717, 1.165) is 38.1 Å². The van der Waals surface area contributed by atoms with Crippen molar-refractivity contribution in [2.24, 2.45) is 11.8 Å². The van der Waals surface area contributed by atoms with Gasteiger partial charge in [-0.05, 0) is 17.9 Å². The van der Waals surface area contributed by atoms with Crippen LogP contribution in [-0.2, 0) is 4.74 Å². The molecule has 3 aliphatic heterocycles. The molecule has 2 atom stereocenters. The highest BCUT2D eigenvalue weighted by molar-refractivity contribution is 5.57. The smallest absolute Gasteiger partial charge is 0.0642 e. The molecule has 1 aromatic rings. The molecule has 4 heterocycles. The van der Waals surface area contributed by atoms with E-state index in [2.05, 4.69) is 26.2 Å². The Hall–Kier alpha value is -1.33. The zero-order valence-electron chi connectivity index (χ0n) is 11.8. The number of pyridine rings is 1. The molecule has 0 radical (unpaired) electrons. The van der Waals surface area contributed by atoms with Crippen molar-refractivity contribution in [3.05, 3.63) is 18.5 Å². The fourth-order valence-corrected chi connectivity index (χ4v) is 3.65. The second kappa shape index (κ2) is 5.22. The van der Waals surface area contributed by atoms with E-state index in [1.54, 1.807) is 0 Å². The van der Waals surface area contributed by atoms with Gasteiger partial charge in [-0.25, -0.2) is 0 Å². The average Bonchev–Trinajstić information content (AvgIpc) is 3.10. The Kier molecular flexibility index (Phi) is 3.24. The number of aromatic nitrogens is 1. The number of rotatable bonds is 2. The van der Waals surface area contributed by atoms with Crippen LogP contribution in [0.3, 0.4) is 0 Å². The third-order valence-corrected chi connectivity index (χ3v) is 4.84.